The summed E-state index contributed by atoms with van der Waals surface area (Å²) < 4.78 is 5.20. The summed E-state index contributed by atoms with van der Waals surface area (Å²) in [7, 11) is 0. The van der Waals surface area contributed by atoms with Gasteiger partial charge in [0.1, 0.15) is 5.76 Å². The largest absolute Gasteiger partial charge is 0.468 e. The lowest BCUT2D eigenvalue weighted by molar-refractivity contribution is -0.384. The average Bonchev–Trinajstić information content (AvgIpc) is 2.99. The first kappa shape index (κ1) is 16.4. The highest BCUT2D eigenvalue weighted by Crippen LogP contribution is 2.22. The van der Waals surface area contributed by atoms with Crippen LogP contribution in [0.1, 0.15) is 16.1 Å². The van der Waals surface area contributed by atoms with Crippen molar-refractivity contribution in [3.05, 3.63) is 63.1 Å². The molecule has 0 aliphatic carbocycles. The molecule has 0 bridgehead atoms. The van der Waals surface area contributed by atoms with Crippen molar-refractivity contribution in [1.82, 2.24) is 5.32 Å². The first-order valence-electron chi connectivity index (χ1n) is 6.40. The van der Waals surface area contributed by atoms with Crippen molar-refractivity contribution < 1.29 is 14.1 Å². The van der Waals surface area contributed by atoms with Crippen LogP contribution in [0.4, 0.5) is 5.69 Å². The number of nitro benzene ring substituents is 1. The predicted octanol–water partition coefficient (Wildman–Crippen LogP) is 3.50. The van der Waals surface area contributed by atoms with Crippen LogP contribution >= 0.6 is 23.4 Å². The number of halogens is 1. The van der Waals surface area contributed by atoms with Gasteiger partial charge in [-0.3, -0.25) is 14.9 Å². The number of carbonyl (C=O) groups is 1. The van der Waals surface area contributed by atoms with Crippen LogP contribution in [0.25, 0.3) is 0 Å². The Bertz CT molecular complexity index is 661. The number of amides is 1. The molecule has 0 unspecified atom stereocenters. The Balaban J connectivity index is 1.78. The van der Waals surface area contributed by atoms with Gasteiger partial charge in [0, 0.05) is 24.4 Å². The highest BCUT2D eigenvalue weighted by atomic mass is 35.5. The molecule has 8 heteroatoms. The van der Waals surface area contributed by atoms with Gasteiger partial charge >= 0.3 is 0 Å². The molecule has 0 saturated heterocycles. The van der Waals surface area contributed by atoms with Gasteiger partial charge in [-0.1, -0.05) is 11.6 Å². The number of hydrogen-bond donors (Lipinski definition) is 1. The number of furan rings is 1. The van der Waals surface area contributed by atoms with E-state index in [2.05, 4.69) is 5.32 Å². The summed E-state index contributed by atoms with van der Waals surface area (Å²) in [5, 5.41) is 13.4. The lowest BCUT2D eigenvalue weighted by Gasteiger charge is -2.06. The molecule has 2 rings (SSSR count). The molecule has 0 spiro atoms. The third kappa shape index (κ3) is 4.51. The van der Waals surface area contributed by atoms with Gasteiger partial charge in [0.2, 0.25) is 0 Å². The minimum absolute atomic E-state index is 0.0648. The van der Waals surface area contributed by atoms with E-state index in [0.717, 1.165) is 17.3 Å². The number of rotatable bonds is 7. The second-order valence-corrected chi connectivity index (χ2v) is 5.82. The summed E-state index contributed by atoms with van der Waals surface area (Å²) >= 11 is 7.52. The van der Waals surface area contributed by atoms with E-state index in [1.807, 2.05) is 12.1 Å². The summed E-state index contributed by atoms with van der Waals surface area (Å²) in [6.07, 6.45) is 1.62. The zero-order valence-electron chi connectivity index (χ0n) is 11.5. The minimum atomic E-state index is -0.557. The SMILES string of the molecule is O=C(NCCSCc1ccco1)c1ccc([N+](=O)[O-])cc1Cl. The minimum Gasteiger partial charge on any atom is -0.468 e. The number of non-ortho nitro benzene ring substituents is 1. The Hall–Kier alpha value is -1.99. The molecule has 0 aliphatic rings. The fourth-order valence-corrected chi connectivity index (χ4v) is 2.72. The molecule has 0 fully saturated rings. The number of hydrogen-bond acceptors (Lipinski definition) is 5. The van der Waals surface area contributed by atoms with Crippen LogP contribution < -0.4 is 5.32 Å². The van der Waals surface area contributed by atoms with Crippen molar-refractivity contribution in [1.29, 1.82) is 0 Å². The van der Waals surface area contributed by atoms with Crippen LogP contribution in [0, 0.1) is 10.1 Å². The van der Waals surface area contributed by atoms with Crippen LogP contribution in [-0.4, -0.2) is 23.1 Å². The lowest BCUT2D eigenvalue weighted by Crippen LogP contribution is -2.26. The van der Waals surface area contributed by atoms with E-state index in [1.165, 1.54) is 18.2 Å². The van der Waals surface area contributed by atoms with Crippen LogP contribution in [-0.2, 0) is 5.75 Å². The molecule has 6 nitrogen and oxygen atoms in total. The van der Waals surface area contributed by atoms with Crippen LogP contribution in [0.15, 0.2) is 41.0 Å². The van der Waals surface area contributed by atoms with Gasteiger partial charge in [-0.05, 0) is 18.2 Å². The maximum Gasteiger partial charge on any atom is 0.270 e. The van der Waals surface area contributed by atoms with E-state index in [1.54, 1.807) is 18.0 Å². The Morgan fingerprint density at radius 3 is 2.86 bits per heavy atom. The predicted molar refractivity (Wildman–Crippen MR) is 85.3 cm³/mol. The molecule has 1 heterocycles. The first-order chi connectivity index (χ1) is 10.6. The monoisotopic (exact) mass is 340 g/mol. The van der Waals surface area contributed by atoms with E-state index in [0.29, 0.717) is 6.54 Å². The maximum absolute atomic E-state index is 11.9. The summed E-state index contributed by atoms with van der Waals surface area (Å²) in [6, 6.07) is 7.50. The number of nitro groups is 1. The van der Waals surface area contributed by atoms with E-state index < -0.39 is 4.92 Å². The summed E-state index contributed by atoms with van der Waals surface area (Å²) in [5.74, 6) is 1.99. The Labute approximate surface area is 136 Å². The Morgan fingerprint density at radius 2 is 2.23 bits per heavy atom. The standard InChI is InChI=1S/C14H13ClN2O4S/c15-13-8-10(17(19)20)3-4-12(13)14(18)16-5-7-22-9-11-2-1-6-21-11/h1-4,6,8H,5,7,9H2,(H,16,18). The van der Waals surface area contributed by atoms with Gasteiger partial charge in [-0.2, -0.15) is 11.8 Å². The van der Waals surface area contributed by atoms with Crippen molar-refractivity contribution in [2.75, 3.05) is 12.3 Å². The molecule has 0 radical (unpaired) electrons. The van der Waals surface area contributed by atoms with Gasteiger partial charge in [0.05, 0.1) is 27.5 Å². The van der Waals surface area contributed by atoms with Crippen molar-refractivity contribution in [3.63, 3.8) is 0 Å². The molecule has 116 valence electrons. The summed E-state index contributed by atoms with van der Waals surface area (Å²) in [6.45, 7) is 0.470. The number of thioether (sulfide) groups is 1. The number of nitrogens with one attached hydrogen (secondary N) is 1. The van der Waals surface area contributed by atoms with Crippen LogP contribution in [0.3, 0.4) is 0 Å². The second kappa shape index (κ2) is 7.86. The lowest BCUT2D eigenvalue weighted by atomic mass is 10.2. The molecule has 2 aromatic rings. The maximum atomic E-state index is 11.9. The number of benzene rings is 1. The molecule has 1 aromatic heterocycles. The van der Waals surface area contributed by atoms with Gasteiger partial charge in [0.15, 0.2) is 0 Å². The van der Waals surface area contributed by atoms with Crippen LogP contribution in [0.2, 0.25) is 5.02 Å². The quantitative estimate of drug-likeness (QED) is 0.473. The number of nitrogens with zero attached hydrogens (tertiary/aromatic N) is 1. The normalized spacial score (nSPS) is 10.4. The summed E-state index contributed by atoms with van der Waals surface area (Å²) in [5.41, 5.74) is 0.0823. The van der Waals surface area contributed by atoms with Gasteiger partial charge in [-0.25, -0.2) is 0 Å². The van der Waals surface area contributed by atoms with Crippen molar-refractivity contribution in [2.45, 2.75) is 5.75 Å². The van der Waals surface area contributed by atoms with E-state index in [-0.39, 0.29) is 22.2 Å². The Kier molecular flexibility index (Phi) is 5.85. The Morgan fingerprint density at radius 1 is 1.41 bits per heavy atom. The average molecular weight is 341 g/mol. The van der Waals surface area contributed by atoms with Crippen molar-refractivity contribution in [3.8, 4) is 0 Å². The molecule has 0 atom stereocenters. The second-order valence-electron chi connectivity index (χ2n) is 4.31. The zero-order valence-corrected chi connectivity index (χ0v) is 13.0. The first-order valence-corrected chi connectivity index (χ1v) is 7.93. The van der Waals surface area contributed by atoms with Gasteiger partial charge in [0.25, 0.3) is 11.6 Å². The summed E-state index contributed by atoms with van der Waals surface area (Å²) in [4.78, 5) is 22.0. The van der Waals surface area contributed by atoms with Crippen molar-refractivity contribution >= 4 is 35.0 Å². The third-order valence-electron chi connectivity index (χ3n) is 2.76. The molecule has 0 saturated carbocycles. The third-order valence-corrected chi connectivity index (χ3v) is 4.06. The fourth-order valence-electron chi connectivity index (χ4n) is 1.70. The molecular formula is C14H13ClN2O4S. The molecular weight excluding hydrogens is 328 g/mol. The highest BCUT2D eigenvalue weighted by Gasteiger charge is 2.14. The van der Waals surface area contributed by atoms with E-state index >= 15 is 0 Å². The highest BCUT2D eigenvalue weighted by molar-refractivity contribution is 7.98. The van der Waals surface area contributed by atoms with E-state index in [4.69, 9.17) is 16.0 Å². The fraction of sp³-hybridized carbons (Fsp3) is 0.214. The zero-order chi connectivity index (χ0) is 15.9. The topological polar surface area (TPSA) is 85.4 Å². The molecule has 22 heavy (non-hydrogen) atoms. The van der Waals surface area contributed by atoms with E-state index in [9.17, 15) is 14.9 Å². The van der Waals surface area contributed by atoms with Gasteiger partial charge in [-0.15, -0.1) is 0 Å². The molecule has 1 aromatic carbocycles. The molecule has 1 amide bonds. The van der Waals surface area contributed by atoms with Gasteiger partial charge < -0.3 is 9.73 Å². The smallest absolute Gasteiger partial charge is 0.270 e. The number of carbonyl (C=O) groups excluding carboxylic acids is 1. The van der Waals surface area contributed by atoms with Crippen molar-refractivity contribution in [2.24, 2.45) is 0 Å². The van der Waals surface area contributed by atoms with Crippen LogP contribution in [0.5, 0.6) is 0 Å². The molecule has 1 N–H and O–H groups in total. The molecule has 0 aliphatic heterocycles.